The summed E-state index contributed by atoms with van der Waals surface area (Å²) in [5.74, 6) is 0. The third-order valence-electron chi connectivity index (χ3n) is 2.46. The van der Waals surface area contributed by atoms with Gasteiger partial charge in [0.05, 0.1) is 11.7 Å². The average Bonchev–Trinajstić information content (AvgIpc) is 1.81. The van der Waals surface area contributed by atoms with Crippen LogP contribution in [0.3, 0.4) is 0 Å². The van der Waals surface area contributed by atoms with E-state index >= 15 is 0 Å². The molecule has 12 heavy (non-hydrogen) atoms. The van der Waals surface area contributed by atoms with Crippen molar-refractivity contribution < 1.29 is 4.74 Å². The summed E-state index contributed by atoms with van der Waals surface area (Å²) in [5, 5.41) is 0. The molecule has 0 bridgehead atoms. The molecule has 1 aliphatic rings. The van der Waals surface area contributed by atoms with Gasteiger partial charge in [0.25, 0.3) is 0 Å². The Kier molecular flexibility index (Phi) is 2.50. The topological polar surface area (TPSA) is 35.2 Å². The van der Waals surface area contributed by atoms with Crippen LogP contribution in [0.1, 0.15) is 40.5 Å². The lowest BCUT2D eigenvalue weighted by molar-refractivity contribution is -0.172. The van der Waals surface area contributed by atoms with Crippen LogP contribution in [0.15, 0.2) is 0 Å². The van der Waals surface area contributed by atoms with E-state index in [0.717, 1.165) is 12.8 Å². The van der Waals surface area contributed by atoms with Crippen LogP contribution < -0.4 is 5.73 Å². The van der Waals surface area contributed by atoms with E-state index in [4.69, 9.17) is 10.5 Å². The van der Waals surface area contributed by atoms with Crippen LogP contribution >= 0.6 is 0 Å². The van der Waals surface area contributed by atoms with E-state index < -0.39 is 0 Å². The highest BCUT2D eigenvalue weighted by atomic mass is 16.5. The monoisotopic (exact) mass is 171 g/mol. The van der Waals surface area contributed by atoms with Gasteiger partial charge in [-0.15, -0.1) is 0 Å². The number of ether oxygens (including phenoxy) is 1. The van der Waals surface area contributed by atoms with Gasteiger partial charge in [-0.25, -0.2) is 0 Å². The van der Waals surface area contributed by atoms with E-state index in [1.807, 2.05) is 0 Å². The molecule has 2 N–H and O–H groups in total. The molecule has 0 aromatic carbocycles. The average molecular weight is 171 g/mol. The summed E-state index contributed by atoms with van der Waals surface area (Å²) in [6.07, 6.45) is 2.51. The zero-order chi connectivity index (χ0) is 9.41. The lowest BCUT2D eigenvalue weighted by Crippen LogP contribution is -2.56. The highest BCUT2D eigenvalue weighted by molar-refractivity contribution is 5.02. The maximum atomic E-state index is 5.83. The predicted molar refractivity (Wildman–Crippen MR) is 51.0 cm³/mol. The van der Waals surface area contributed by atoms with E-state index in [1.54, 1.807) is 0 Å². The van der Waals surface area contributed by atoms with Crippen molar-refractivity contribution in [3.63, 3.8) is 0 Å². The second-order valence-corrected chi connectivity index (χ2v) is 5.07. The third-order valence-corrected chi connectivity index (χ3v) is 2.46. The zero-order valence-corrected chi connectivity index (χ0v) is 8.68. The van der Waals surface area contributed by atoms with Crippen LogP contribution in [0.4, 0.5) is 0 Å². The molecule has 2 nitrogen and oxygen atoms in total. The van der Waals surface area contributed by atoms with E-state index in [1.165, 1.54) is 0 Å². The Morgan fingerprint density at radius 3 is 2.08 bits per heavy atom. The minimum absolute atomic E-state index is 0.00231. The Labute approximate surface area is 75.5 Å². The molecule has 1 saturated carbocycles. The first-order valence-corrected chi connectivity index (χ1v) is 4.77. The quantitative estimate of drug-likeness (QED) is 0.704. The number of rotatable bonds is 3. The molecule has 0 spiro atoms. The molecule has 72 valence electrons. The van der Waals surface area contributed by atoms with Crippen LogP contribution in [0.2, 0.25) is 0 Å². The molecule has 1 fully saturated rings. The second kappa shape index (κ2) is 3.00. The Morgan fingerprint density at radius 1 is 1.33 bits per heavy atom. The normalized spacial score (nSPS) is 25.5. The maximum Gasteiger partial charge on any atom is 0.0817 e. The summed E-state index contributed by atoms with van der Waals surface area (Å²) in [6.45, 7) is 9.34. The van der Waals surface area contributed by atoms with Crippen molar-refractivity contribution in [1.82, 2.24) is 0 Å². The van der Waals surface area contributed by atoms with E-state index in [-0.39, 0.29) is 5.60 Å². The molecular weight excluding hydrogens is 150 g/mol. The molecule has 0 saturated heterocycles. The Balaban J connectivity index is 2.47. The molecule has 0 aromatic heterocycles. The highest BCUT2D eigenvalue weighted by Gasteiger charge is 2.49. The summed E-state index contributed by atoms with van der Waals surface area (Å²) in [7, 11) is 0. The fourth-order valence-corrected chi connectivity index (χ4v) is 2.47. The van der Waals surface area contributed by atoms with Crippen molar-refractivity contribution in [1.29, 1.82) is 0 Å². The van der Waals surface area contributed by atoms with E-state index in [2.05, 4.69) is 27.7 Å². The minimum atomic E-state index is -0.00231. The molecule has 1 aliphatic carbocycles. The molecule has 0 amide bonds. The fraction of sp³-hybridized carbons (Fsp3) is 1.00. The largest absolute Gasteiger partial charge is 0.371 e. The summed E-state index contributed by atoms with van der Waals surface area (Å²) in [4.78, 5) is 0. The highest BCUT2D eigenvalue weighted by Crippen LogP contribution is 2.49. The van der Waals surface area contributed by atoms with Crippen molar-refractivity contribution in [2.24, 2.45) is 11.1 Å². The van der Waals surface area contributed by atoms with Crippen LogP contribution in [0, 0.1) is 5.41 Å². The van der Waals surface area contributed by atoms with Crippen molar-refractivity contribution in [2.45, 2.75) is 52.2 Å². The SMILES string of the molecule is CC(C)OC1(CN)CC(C)(C)C1. The Hall–Kier alpha value is -0.0800. The van der Waals surface area contributed by atoms with Gasteiger partial charge < -0.3 is 10.5 Å². The predicted octanol–water partition coefficient (Wildman–Crippen LogP) is 1.93. The molecule has 2 heteroatoms. The summed E-state index contributed by atoms with van der Waals surface area (Å²) in [6, 6.07) is 0. The van der Waals surface area contributed by atoms with Crippen molar-refractivity contribution in [3.05, 3.63) is 0 Å². The fourth-order valence-electron chi connectivity index (χ4n) is 2.47. The standard InChI is InChI=1S/C10H21NO/c1-8(2)12-10(7-11)5-9(3,4)6-10/h8H,5-7,11H2,1-4H3. The van der Waals surface area contributed by atoms with Crippen molar-refractivity contribution >= 4 is 0 Å². The van der Waals surface area contributed by atoms with Crippen LogP contribution in [0.5, 0.6) is 0 Å². The third kappa shape index (κ3) is 1.99. The van der Waals surface area contributed by atoms with Crippen LogP contribution in [-0.4, -0.2) is 18.2 Å². The minimum Gasteiger partial charge on any atom is -0.371 e. The van der Waals surface area contributed by atoms with E-state index in [0.29, 0.717) is 18.1 Å². The van der Waals surface area contributed by atoms with Gasteiger partial charge in [-0.2, -0.15) is 0 Å². The molecular formula is C10H21NO. The van der Waals surface area contributed by atoms with Gasteiger partial charge in [0.15, 0.2) is 0 Å². The summed E-state index contributed by atoms with van der Waals surface area (Å²) in [5.41, 5.74) is 6.15. The molecule has 0 aliphatic heterocycles. The van der Waals surface area contributed by atoms with Gasteiger partial charge in [-0.1, -0.05) is 13.8 Å². The van der Waals surface area contributed by atoms with Gasteiger partial charge in [0, 0.05) is 6.54 Å². The molecule has 0 radical (unpaired) electrons. The molecule has 0 heterocycles. The Morgan fingerprint density at radius 2 is 1.83 bits per heavy atom. The maximum absolute atomic E-state index is 5.83. The lowest BCUT2D eigenvalue weighted by atomic mass is 9.61. The molecule has 1 rings (SSSR count). The van der Waals surface area contributed by atoms with Gasteiger partial charge in [-0.3, -0.25) is 0 Å². The van der Waals surface area contributed by atoms with E-state index in [9.17, 15) is 0 Å². The first kappa shape index (κ1) is 10.0. The Bertz CT molecular complexity index is 150. The van der Waals surface area contributed by atoms with Crippen LogP contribution in [0.25, 0.3) is 0 Å². The number of nitrogens with two attached hydrogens (primary N) is 1. The first-order valence-electron chi connectivity index (χ1n) is 4.77. The molecule has 0 unspecified atom stereocenters. The zero-order valence-electron chi connectivity index (χ0n) is 8.68. The number of hydrogen-bond acceptors (Lipinski definition) is 2. The van der Waals surface area contributed by atoms with Crippen molar-refractivity contribution in [2.75, 3.05) is 6.54 Å². The lowest BCUT2D eigenvalue weighted by Gasteiger charge is -2.53. The summed E-state index contributed by atoms with van der Waals surface area (Å²) < 4.78 is 5.83. The van der Waals surface area contributed by atoms with Gasteiger partial charge in [-0.05, 0) is 32.1 Å². The molecule has 0 aromatic rings. The number of hydrogen-bond donors (Lipinski definition) is 1. The summed E-state index contributed by atoms with van der Waals surface area (Å²) >= 11 is 0. The second-order valence-electron chi connectivity index (χ2n) is 5.07. The van der Waals surface area contributed by atoms with Gasteiger partial charge in [0.2, 0.25) is 0 Å². The van der Waals surface area contributed by atoms with Gasteiger partial charge >= 0.3 is 0 Å². The first-order chi connectivity index (χ1) is 5.39. The van der Waals surface area contributed by atoms with Gasteiger partial charge in [0.1, 0.15) is 0 Å². The van der Waals surface area contributed by atoms with Crippen LogP contribution in [-0.2, 0) is 4.74 Å². The molecule has 0 atom stereocenters. The smallest absolute Gasteiger partial charge is 0.0817 e. The van der Waals surface area contributed by atoms with Crippen molar-refractivity contribution in [3.8, 4) is 0 Å².